The summed E-state index contributed by atoms with van der Waals surface area (Å²) in [5, 5.41) is 6.47. The molecule has 0 bridgehead atoms. The number of nitrogens with one attached hydrogen (secondary N) is 3. The van der Waals surface area contributed by atoms with Gasteiger partial charge >= 0.3 is 0 Å². The highest BCUT2D eigenvalue weighted by Crippen LogP contribution is 2.10. The maximum Gasteiger partial charge on any atom is 0.279 e. The van der Waals surface area contributed by atoms with Gasteiger partial charge in [0.25, 0.3) is 11.8 Å². The van der Waals surface area contributed by atoms with E-state index in [1.807, 2.05) is 86.6 Å². The molecular formula is C25H27ClN3O2+. The summed E-state index contributed by atoms with van der Waals surface area (Å²) in [5.41, 5.74) is 4.74. The lowest BCUT2D eigenvalue weighted by Crippen LogP contribution is -3.12. The van der Waals surface area contributed by atoms with Crippen LogP contribution in [0.3, 0.4) is 0 Å². The van der Waals surface area contributed by atoms with Crippen LogP contribution in [0.25, 0.3) is 0 Å². The summed E-state index contributed by atoms with van der Waals surface area (Å²) in [6.45, 7) is 4.85. The summed E-state index contributed by atoms with van der Waals surface area (Å²) in [6, 6.07) is 22.7. The topological polar surface area (TPSA) is 62.6 Å². The Balaban J connectivity index is 1.66. The number of benzene rings is 3. The van der Waals surface area contributed by atoms with Crippen molar-refractivity contribution in [2.24, 2.45) is 0 Å². The fraction of sp³-hybridized carbons (Fsp3) is 0.200. The van der Waals surface area contributed by atoms with Crippen molar-refractivity contribution in [2.45, 2.75) is 20.4 Å². The van der Waals surface area contributed by atoms with Crippen LogP contribution >= 0.6 is 11.6 Å². The van der Waals surface area contributed by atoms with Crippen molar-refractivity contribution in [2.75, 3.05) is 23.7 Å². The number of hydrogen-bond donors (Lipinski definition) is 3. The average molecular weight is 437 g/mol. The number of rotatable bonds is 8. The van der Waals surface area contributed by atoms with Gasteiger partial charge < -0.3 is 15.5 Å². The van der Waals surface area contributed by atoms with Crippen LogP contribution in [0, 0.1) is 13.8 Å². The molecule has 3 rings (SSSR count). The Kier molecular flexibility index (Phi) is 7.82. The minimum absolute atomic E-state index is 0.143. The number of carbonyl (C=O) groups excluding carboxylic acids is 2. The predicted octanol–water partition coefficient (Wildman–Crippen LogP) is 3.62. The van der Waals surface area contributed by atoms with Crippen molar-refractivity contribution in [3.8, 4) is 0 Å². The summed E-state index contributed by atoms with van der Waals surface area (Å²) in [5.74, 6) is -0.285. The molecule has 0 unspecified atom stereocenters. The van der Waals surface area contributed by atoms with Gasteiger partial charge in [-0.2, -0.15) is 0 Å². The lowest BCUT2D eigenvalue weighted by atomic mass is 10.2. The summed E-state index contributed by atoms with van der Waals surface area (Å²) in [6.07, 6.45) is 0. The fourth-order valence-corrected chi connectivity index (χ4v) is 3.34. The molecule has 2 amide bonds. The molecule has 0 spiro atoms. The number of quaternary nitrogens is 1. The van der Waals surface area contributed by atoms with Gasteiger partial charge in [-0.25, -0.2) is 0 Å². The normalized spacial score (nSPS) is 10.7. The Hall–Kier alpha value is -3.15. The molecule has 31 heavy (non-hydrogen) atoms. The van der Waals surface area contributed by atoms with Crippen molar-refractivity contribution in [1.29, 1.82) is 0 Å². The smallest absolute Gasteiger partial charge is 0.279 e. The molecule has 0 aliphatic rings. The molecule has 0 saturated heterocycles. The lowest BCUT2D eigenvalue weighted by molar-refractivity contribution is -0.897. The molecule has 0 radical (unpaired) electrons. The molecule has 3 N–H and O–H groups in total. The van der Waals surface area contributed by atoms with Gasteiger partial charge in [-0.3, -0.25) is 9.59 Å². The van der Waals surface area contributed by atoms with Crippen molar-refractivity contribution < 1.29 is 14.5 Å². The molecule has 3 aromatic carbocycles. The first-order chi connectivity index (χ1) is 14.9. The second-order valence-corrected chi connectivity index (χ2v) is 8.17. The van der Waals surface area contributed by atoms with Gasteiger partial charge in [-0.05, 0) is 50.2 Å². The van der Waals surface area contributed by atoms with E-state index in [9.17, 15) is 9.59 Å². The summed E-state index contributed by atoms with van der Waals surface area (Å²) >= 11 is 5.98. The Morgan fingerprint density at radius 1 is 0.710 bits per heavy atom. The molecular weight excluding hydrogens is 410 g/mol. The van der Waals surface area contributed by atoms with E-state index in [1.54, 1.807) is 0 Å². The van der Waals surface area contributed by atoms with Gasteiger partial charge in [0.1, 0.15) is 6.54 Å². The molecule has 0 aromatic heterocycles. The molecule has 0 heterocycles. The maximum absolute atomic E-state index is 12.6. The molecule has 0 fully saturated rings. The first kappa shape index (κ1) is 22.5. The quantitative estimate of drug-likeness (QED) is 0.505. The first-order valence-electron chi connectivity index (χ1n) is 10.2. The van der Waals surface area contributed by atoms with Crippen molar-refractivity contribution >= 4 is 34.8 Å². The van der Waals surface area contributed by atoms with Crippen LogP contribution < -0.4 is 15.5 Å². The Morgan fingerprint density at radius 2 is 1.13 bits per heavy atom. The molecule has 0 aliphatic heterocycles. The molecule has 0 saturated carbocycles. The SMILES string of the molecule is Cc1ccc(NC(=O)C[NH+](CC(=O)Nc2ccc(C)cc2)Cc2ccc(Cl)cc2)cc1. The zero-order valence-corrected chi connectivity index (χ0v) is 18.5. The van der Waals surface area contributed by atoms with Crippen molar-refractivity contribution in [1.82, 2.24) is 0 Å². The standard InChI is InChI=1S/C25H26ClN3O2/c1-18-3-11-22(12-4-18)27-24(30)16-29(15-20-7-9-21(26)10-8-20)17-25(31)28-23-13-5-19(2)6-14-23/h3-14H,15-17H2,1-2H3,(H,27,30)(H,28,31)/p+1. The zero-order valence-electron chi connectivity index (χ0n) is 17.7. The molecule has 3 aromatic rings. The number of carbonyl (C=O) groups is 2. The second kappa shape index (κ2) is 10.8. The van der Waals surface area contributed by atoms with Gasteiger partial charge in [0.15, 0.2) is 13.1 Å². The highest BCUT2D eigenvalue weighted by molar-refractivity contribution is 6.30. The Labute approximate surface area is 188 Å². The van der Waals surface area contributed by atoms with Crippen LogP contribution in [-0.4, -0.2) is 24.9 Å². The third kappa shape index (κ3) is 7.55. The van der Waals surface area contributed by atoms with E-state index >= 15 is 0 Å². The Bertz CT molecular complexity index is 955. The monoisotopic (exact) mass is 436 g/mol. The van der Waals surface area contributed by atoms with E-state index in [-0.39, 0.29) is 24.9 Å². The predicted molar refractivity (Wildman–Crippen MR) is 125 cm³/mol. The number of aryl methyl sites for hydroxylation is 2. The van der Waals surface area contributed by atoms with Gasteiger partial charge in [0.05, 0.1) is 0 Å². The molecule has 0 atom stereocenters. The van der Waals surface area contributed by atoms with Crippen LogP contribution in [0.4, 0.5) is 11.4 Å². The summed E-state index contributed by atoms with van der Waals surface area (Å²) in [7, 11) is 0. The molecule has 5 nitrogen and oxygen atoms in total. The minimum atomic E-state index is -0.143. The highest BCUT2D eigenvalue weighted by atomic mass is 35.5. The highest BCUT2D eigenvalue weighted by Gasteiger charge is 2.19. The zero-order chi connectivity index (χ0) is 22.2. The summed E-state index contributed by atoms with van der Waals surface area (Å²) < 4.78 is 0. The van der Waals surface area contributed by atoms with Gasteiger partial charge in [-0.15, -0.1) is 0 Å². The Morgan fingerprint density at radius 3 is 1.55 bits per heavy atom. The van der Waals surface area contributed by atoms with Crippen LogP contribution in [-0.2, 0) is 16.1 Å². The van der Waals surface area contributed by atoms with Gasteiger partial charge in [0.2, 0.25) is 0 Å². The number of anilines is 2. The van der Waals surface area contributed by atoms with E-state index in [1.165, 1.54) is 0 Å². The second-order valence-electron chi connectivity index (χ2n) is 7.74. The third-order valence-corrected chi connectivity index (χ3v) is 5.11. The van der Waals surface area contributed by atoms with E-state index < -0.39 is 0 Å². The fourth-order valence-electron chi connectivity index (χ4n) is 3.22. The van der Waals surface area contributed by atoms with Crippen molar-refractivity contribution in [3.63, 3.8) is 0 Å². The molecule has 6 heteroatoms. The average Bonchev–Trinajstić information content (AvgIpc) is 2.73. The molecule has 160 valence electrons. The van der Waals surface area contributed by atoms with Crippen LogP contribution in [0.15, 0.2) is 72.8 Å². The third-order valence-electron chi connectivity index (χ3n) is 4.86. The first-order valence-corrected chi connectivity index (χ1v) is 10.6. The van der Waals surface area contributed by atoms with E-state index in [0.717, 1.165) is 33.0 Å². The summed E-state index contributed by atoms with van der Waals surface area (Å²) in [4.78, 5) is 26.1. The number of amides is 2. The lowest BCUT2D eigenvalue weighted by Gasteiger charge is -2.19. The van der Waals surface area contributed by atoms with Crippen LogP contribution in [0.1, 0.15) is 16.7 Å². The van der Waals surface area contributed by atoms with E-state index in [2.05, 4.69) is 10.6 Å². The maximum atomic E-state index is 12.6. The number of halogens is 1. The van der Waals surface area contributed by atoms with E-state index in [0.29, 0.717) is 11.6 Å². The van der Waals surface area contributed by atoms with Crippen LogP contribution in [0.2, 0.25) is 5.02 Å². The molecule has 0 aliphatic carbocycles. The van der Waals surface area contributed by atoms with Gasteiger partial charge in [-0.1, -0.05) is 59.1 Å². The van der Waals surface area contributed by atoms with Crippen LogP contribution in [0.5, 0.6) is 0 Å². The van der Waals surface area contributed by atoms with E-state index in [4.69, 9.17) is 11.6 Å². The largest absolute Gasteiger partial charge is 0.321 e. The van der Waals surface area contributed by atoms with Gasteiger partial charge in [0, 0.05) is 22.0 Å². The van der Waals surface area contributed by atoms with Crippen molar-refractivity contribution in [3.05, 3.63) is 94.5 Å². The minimum Gasteiger partial charge on any atom is -0.321 e. The number of hydrogen-bond acceptors (Lipinski definition) is 2.